The second-order valence-corrected chi connectivity index (χ2v) is 7.16. The first kappa shape index (κ1) is 18.3. The van der Waals surface area contributed by atoms with Gasteiger partial charge >= 0.3 is 12.1 Å². The average Bonchev–Trinajstić information content (AvgIpc) is 2.55. The molecule has 2 fully saturated rings. The van der Waals surface area contributed by atoms with Crippen LogP contribution in [0, 0.1) is 17.8 Å². The minimum atomic E-state index is -4.83. The number of carbonyl (C=O) groups excluding carboxylic acids is 2. The maximum Gasteiger partial charge on any atom is 0.454 e. The number of alkyl halides is 3. The molecule has 25 heavy (non-hydrogen) atoms. The van der Waals surface area contributed by atoms with Crippen molar-refractivity contribution in [2.45, 2.75) is 51.6 Å². The first-order chi connectivity index (χ1) is 11.8. The number of hydrogen-bond acceptors (Lipinski definition) is 4. The number of likely N-dealkylation sites (tertiary alicyclic amines) is 1. The summed E-state index contributed by atoms with van der Waals surface area (Å²) in [4.78, 5) is 25.8. The lowest BCUT2D eigenvalue weighted by Crippen LogP contribution is -2.50. The van der Waals surface area contributed by atoms with Gasteiger partial charge in [-0.25, -0.2) is 0 Å². The summed E-state index contributed by atoms with van der Waals surface area (Å²) in [6, 6.07) is 0. The predicted molar refractivity (Wildman–Crippen MR) is 84.5 cm³/mol. The first-order valence-corrected chi connectivity index (χ1v) is 9.11. The largest absolute Gasteiger partial charge is 0.466 e. The van der Waals surface area contributed by atoms with E-state index < -0.39 is 12.0 Å². The van der Waals surface area contributed by atoms with E-state index in [1.54, 1.807) is 6.92 Å². The number of nitrogens with zero attached hydrogens (tertiary/aromatic N) is 1. The molecule has 0 bridgehead atoms. The molecule has 3 aliphatic rings. The van der Waals surface area contributed by atoms with E-state index in [1.165, 1.54) is 0 Å². The van der Waals surface area contributed by atoms with Gasteiger partial charge in [-0.15, -0.1) is 0 Å². The van der Waals surface area contributed by atoms with E-state index >= 15 is 0 Å². The number of Topliss-reactive ketones (excluding diaryl/α,β-unsaturated/α-hetero) is 1. The highest BCUT2D eigenvalue weighted by Gasteiger charge is 2.53. The zero-order valence-electron chi connectivity index (χ0n) is 14.4. The Morgan fingerprint density at radius 3 is 2.44 bits per heavy atom. The SMILES string of the molecule is CCOC(=O)C1CCCN(C2=C(C(=O)C(F)(F)F)C3CCCCC23)C1. The van der Waals surface area contributed by atoms with Crippen LogP contribution in [0.4, 0.5) is 13.2 Å². The van der Waals surface area contributed by atoms with Crippen molar-refractivity contribution in [2.75, 3.05) is 19.7 Å². The molecule has 4 nitrogen and oxygen atoms in total. The fraction of sp³-hybridized carbons (Fsp3) is 0.778. The van der Waals surface area contributed by atoms with Crippen molar-refractivity contribution in [1.29, 1.82) is 0 Å². The lowest BCUT2D eigenvalue weighted by molar-refractivity contribution is -0.168. The number of ketones is 1. The normalized spacial score (nSPS) is 29.8. The molecule has 0 N–H and O–H groups in total. The molecular weight excluding hydrogens is 335 g/mol. The van der Waals surface area contributed by atoms with Crippen LogP contribution in [0.1, 0.15) is 45.4 Å². The van der Waals surface area contributed by atoms with E-state index in [2.05, 4.69) is 0 Å². The number of fused-ring (bicyclic) bond motifs is 1. The quantitative estimate of drug-likeness (QED) is 0.721. The summed E-state index contributed by atoms with van der Waals surface area (Å²) in [5, 5.41) is 0. The lowest BCUT2D eigenvalue weighted by Gasteiger charge is -2.50. The van der Waals surface area contributed by atoms with Crippen LogP contribution in [-0.4, -0.2) is 42.5 Å². The third-order valence-electron chi connectivity index (χ3n) is 5.65. The molecule has 2 aliphatic carbocycles. The smallest absolute Gasteiger partial charge is 0.454 e. The summed E-state index contributed by atoms with van der Waals surface area (Å²) in [7, 11) is 0. The van der Waals surface area contributed by atoms with Gasteiger partial charge in [0.2, 0.25) is 0 Å². The van der Waals surface area contributed by atoms with Crippen molar-refractivity contribution in [3.05, 3.63) is 11.3 Å². The minimum Gasteiger partial charge on any atom is -0.466 e. The maximum absolute atomic E-state index is 13.0. The maximum atomic E-state index is 13.0. The fourth-order valence-corrected chi connectivity index (χ4v) is 4.59. The van der Waals surface area contributed by atoms with E-state index in [0.29, 0.717) is 38.2 Å². The molecule has 0 aromatic heterocycles. The van der Waals surface area contributed by atoms with Gasteiger partial charge in [-0.05, 0) is 38.5 Å². The molecule has 1 saturated carbocycles. The molecule has 0 amide bonds. The first-order valence-electron chi connectivity index (χ1n) is 9.11. The molecular formula is C18H24F3NO3. The second-order valence-electron chi connectivity index (χ2n) is 7.16. The van der Waals surface area contributed by atoms with Crippen LogP contribution >= 0.6 is 0 Å². The molecule has 7 heteroatoms. The standard InChI is InChI=1S/C18H24F3NO3/c1-2-25-17(24)11-6-5-9-22(10-11)15-13-8-4-3-7-12(13)14(15)16(23)18(19,20)21/h11-13H,2-10H2,1H3. The number of halogens is 3. The van der Waals surface area contributed by atoms with Crippen molar-refractivity contribution in [2.24, 2.45) is 17.8 Å². The topological polar surface area (TPSA) is 46.6 Å². The minimum absolute atomic E-state index is 0.0380. The Kier molecular flexibility index (Phi) is 5.11. The molecule has 3 atom stereocenters. The van der Waals surface area contributed by atoms with Gasteiger partial charge in [0.05, 0.1) is 12.5 Å². The number of carbonyl (C=O) groups is 2. The van der Waals surface area contributed by atoms with Crippen molar-refractivity contribution >= 4 is 11.8 Å². The number of allylic oxidation sites excluding steroid dienone is 2. The lowest BCUT2D eigenvalue weighted by atomic mass is 9.62. The van der Waals surface area contributed by atoms with Gasteiger partial charge in [-0.3, -0.25) is 9.59 Å². The number of piperidine rings is 1. The fourth-order valence-electron chi connectivity index (χ4n) is 4.59. The van der Waals surface area contributed by atoms with Crippen molar-refractivity contribution in [1.82, 2.24) is 4.90 Å². The summed E-state index contributed by atoms with van der Waals surface area (Å²) in [5.74, 6) is -2.54. The van der Waals surface area contributed by atoms with E-state index in [4.69, 9.17) is 4.74 Å². The Balaban J connectivity index is 1.86. The van der Waals surface area contributed by atoms with Gasteiger partial charge < -0.3 is 9.64 Å². The third kappa shape index (κ3) is 3.42. The Hall–Kier alpha value is -1.53. The second kappa shape index (κ2) is 7.00. The molecule has 1 heterocycles. The van der Waals surface area contributed by atoms with Crippen LogP contribution in [0.25, 0.3) is 0 Å². The Morgan fingerprint density at radius 1 is 1.12 bits per heavy atom. The molecule has 1 aliphatic heterocycles. The van der Waals surface area contributed by atoms with Crippen LogP contribution in [0.2, 0.25) is 0 Å². The van der Waals surface area contributed by atoms with Crippen molar-refractivity contribution in [3.8, 4) is 0 Å². The molecule has 140 valence electrons. The summed E-state index contributed by atoms with van der Waals surface area (Å²) in [6.45, 7) is 2.98. The van der Waals surface area contributed by atoms with E-state index in [0.717, 1.165) is 25.7 Å². The van der Waals surface area contributed by atoms with Gasteiger partial charge in [0, 0.05) is 30.3 Å². The third-order valence-corrected chi connectivity index (χ3v) is 5.65. The summed E-state index contributed by atoms with van der Waals surface area (Å²) < 4.78 is 44.2. The van der Waals surface area contributed by atoms with Gasteiger partial charge in [-0.2, -0.15) is 13.2 Å². The molecule has 0 aromatic rings. The van der Waals surface area contributed by atoms with Crippen LogP contribution < -0.4 is 0 Å². The van der Waals surface area contributed by atoms with E-state index in [-0.39, 0.29) is 29.3 Å². The summed E-state index contributed by atoms with van der Waals surface area (Å²) >= 11 is 0. The Bertz CT molecular complexity index is 585. The van der Waals surface area contributed by atoms with Crippen LogP contribution in [-0.2, 0) is 14.3 Å². The zero-order chi connectivity index (χ0) is 18.2. The van der Waals surface area contributed by atoms with Crippen LogP contribution in [0.15, 0.2) is 11.3 Å². The highest BCUT2D eigenvalue weighted by molar-refractivity contribution is 6.02. The van der Waals surface area contributed by atoms with Gasteiger partial charge in [0.1, 0.15) is 0 Å². The molecule has 3 unspecified atom stereocenters. The highest BCUT2D eigenvalue weighted by Crippen LogP contribution is 2.53. The summed E-state index contributed by atoms with van der Waals surface area (Å²) in [5.41, 5.74) is 0.516. The number of rotatable bonds is 4. The number of hydrogen-bond donors (Lipinski definition) is 0. The monoisotopic (exact) mass is 359 g/mol. The van der Waals surface area contributed by atoms with Gasteiger partial charge in [-0.1, -0.05) is 12.8 Å². The summed E-state index contributed by atoms with van der Waals surface area (Å²) in [6.07, 6.45) is -0.103. The molecule has 0 radical (unpaired) electrons. The van der Waals surface area contributed by atoms with Crippen LogP contribution in [0.3, 0.4) is 0 Å². The Labute approximate surface area is 145 Å². The molecule has 0 aromatic carbocycles. The predicted octanol–water partition coefficient (Wildman–Crippen LogP) is 3.47. The van der Waals surface area contributed by atoms with Gasteiger partial charge in [0.15, 0.2) is 0 Å². The van der Waals surface area contributed by atoms with Crippen molar-refractivity contribution in [3.63, 3.8) is 0 Å². The van der Waals surface area contributed by atoms with E-state index in [1.807, 2.05) is 4.90 Å². The Morgan fingerprint density at radius 2 is 1.80 bits per heavy atom. The number of esters is 1. The van der Waals surface area contributed by atoms with Crippen molar-refractivity contribution < 1.29 is 27.5 Å². The highest BCUT2D eigenvalue weighted by atomic mass is 19.4. The molecule has 3 rings (SSSR count). The van der Waals surface area contributed by atoms with Gasteiger partial charge in [0.25, 0.3) is 5.78 Å². The number of ether oxygens (including phenoxy) is 1. The van der Waals surface area contributed by atoms with E-state index in [9.17, 15) is 22.8 Å². The average molecular weight is 359 g/mol. The van der Waals surface area contributed by atoms with Crippen LogP contribution in [0.5, 0.6) is 0 Å². The molecule has 1 saturated heterocycles. The molecule has 0 spiro atoms. The zero-order valence-corrected chi connectivity index (χ0v) is 14.4.